The van der Waals surface area contributed by atoms with E-state index < -0.39 is 21.8 Å². The Morgan fingerprint density at radius 3 is 2.74 bits per heavy atom. The Kier molecular flexibility index (Phi) is 5.72. The molecule has 0 aliphatic carbocycles. The number of epoxide rings is 1. The molecule has 0 radical (unpaired) electrons. The molecule has 8 heteroatoms. The molecule has 6 nitrogen and oxygen atoms in total. The van der Waals surface area contributed by atoms with Gasteiger partial charge in [-0.3, -0.25) is 4.79 Å². The number of rotatable bonds is 8. The number of halogens is 1. The minimum atomic E-state index is -3.79. The number of hydrogen-bond donors (Lipinski definition) is 0. The van der Waals surface area contributed by atoms with E-state index in [1.54, 1.807) is 6.92 Å². The van der Waals surface area contributed by atoms with Crippen LogP contribution in [0.3, 0.4) is 0 Å². The fraction of sp³-hybridized carbons (Fsp3) is 0.533. The molecule has 1 aliphatic heterocycles. The van der Waals surface area contributed by atoms with E-state index >= 15 is 0 Å². The van der Waals surface area contributed by atoms with Gasteiger partial charge in [-0.2, -0.15) is 4.31 Å². The van der Waals surface area contributed by atoms with Crippen molar-refractivity contribution in [3.05, 3.63) is 29.6 Å². The van der Waals surface area contributed by atoms with Crippen molar-refractivity contribution in [1.29, 1.82) is 0 Å². The van der Waals surface area contributed by atoms with Crippen molar-refractivity contribution >= 4 is 16.0 Å². The summed E-state index contributed by atoms with van der Waals surface area (Å²) in [5.41, 5.74) is 0.438. The lowest BCUT2D eigenvalue weighted by Gasteiger charge is -2.16. The van der Waals surface area contributed by atoms with Crippen LogP contribution in [0.1, 0.15) is 18.9 Å². The molecule has 1 aliphatic rings. The minimum Gasteiger partial charge on any atom is -0.466 e. The largest absolute Gasteiger partial charge is 0.466 e. The normalized spacial score (nSPS) is 17.3. The quantitative estimate of drug-likeness (QED) is 0.525. The van der Waals surface area contributed by atoms with Gasteiger partial charge < -0.3 is 9.47 Å². The Labute approximate surface area is 135 Å². The highest BCUT2D eigenvalue weighted by molar-refractivity contribution is 7.89. The van der Waals surface area contributed by atoms with Crippen molar-refractivity contribution in [2.24, 2.45) is 0 Å². The predicted molar refractivity (Wildman–Crippen MR) is 80.9 cm³/mol. The van der Waals surface area contributed by atoms with Gasteiger partial charge >= 0.3 is 5.97 Å². The summed E-state index contributed by atoms with van der Waals surface area (Å²) in [5, 5.41) is 0. The highest BCUT2D eigenvalue weighted by Crippen LogP contribution is 2.21. The molecule has 0 N–H and O–H groups in total. The number of ether oxygens (including phenoxy) is 2. The molecule has 1 aromatic carbocycles. The van der Waals surface area contributed by atoms with Gasteiger partial charge in [-0.05, 0) is 37.1 Å². The summed E-state index contributed by atoms with van der Waals surface area (Å²) in [6.07, 6.45) is 0.198. The number of sulfonamides is 1. The zero-order valence-electron chi connectivity index (χ0n) is 13.1. The Hall–Kier alpha value is -1.51. The second kappa shape index (κ2) is 7.37. The molecular formula is C15H20FNO5S. The Bertz CT molecular complexity index is 672. The number of carbonyl (C=O) groups is 1. The van der Waals surface area contributed by atoms with E-state index in [0.29, 0.717) is 12.2 Å². The standard InChI is InChI=1S/C15H20FNO5S/c1-3-21-15(18)5-4-11-6-12(16)8-14(7-11)23(19,20)17(2)9-13-10-22-13/h6-8,13H,3-5,9-10H2,1-2H3. The maximum Gasteiger partial charge on any atom is 0.306 e. The van der Waals surface area contributed by atoms with E-state index in [9.17, 15) is 17.6 Å². The Balaban J connectivity index is 2.13. The van der Waals surface area contributed by atoms with Crippen LogP contribution < -0.4 is 0 Å². The van der Waals surface area contributed by atoms with Gasteiger partial charge in [0.15, 0.2) is 0 Å². The highest BCUT2D eigenvalue weighted by atomic mass is 32.2. The van der Waals surface area contributed by atoms with Gasteiger partial charge in [-0.25, -0.2) is 12.8 Å². The molecule has 1 atom stereocenters. The number of likely N-dealkylation sites (N-methyl/N-ethyl adjacent to an activating group) is 1. The fourth-order valence-corrected chi connectivity index (χ4v) is 3.42. The lowest BCUT2D eigenvalue weighted by atomic mass is 10.1. The summed E-state index contributed by atoms with van der Waals surface area (Å²) in [7, 11) is -2.36. The maximum absolute atomic E-state index is 13.7. The first-order valence-electron chi connectivity index (χ1n) is 7.36. The summed E-state index contributed by atoms with van der Waals surface area (Å²) in [4.78, 5) is 11.2. The van der Waals surface area contributed by atoms with Gasteiger partial charge in [0.05, 0.1) is 24.2 Å². The number of carbonyl (C=O) groups excluding carboxylic acids is 1. The van der Waals surface area contributed by atoms with E-state index in [2.05, 4.69) is 0 Å². The zero-order chi connectivity index (χ0) is 17.0. The van der Waals surface area contributed by atoms with E-state index in [-0.39, 0.29) is 37.0 Å². The van der Waals surface area contributed by atoms with Crippen molar-refractivity contribution in [1.82, 2.24) is 4.31 Å². The molecular weight excluding hydrogens is 325 g/mol. The summed E-state index contributed by atoms with van der Waals surface area (Å²) in [6, 6.07) is 3.59. The van der Waals surface area contributed by atoms with Crippen molar-refractivity contribution < 1.29 is 27.1 Å². The molecule has 1 fully saturated rings. The molecule has 128 valence electrons. The van der Waals surface area contributed by atoms with Gasteiger partial charge in [0.2, 0.25) is 10.0 Å². The Morgan fingerprint density at radius 2 is 2.13 bits per heavy atom. The first-order chi connectivity index (χ1) is 10.8. The third kappa shape index (κ3) is 4.98. The van der Waals surface area contributed by atoms with Crippen molar-refractivity contribution in [2.45, 2.75) is 30.8 Å². The third-order valence-electron chi connectivity index (χ3n) is 3.43. The number of aryl methyl sites for hydroxylation is 1. The summed E-state index contributed by atoms with van der Waals surface area (Å²) in [5.74, 6) is -1.05. The zero-order valence-corrected chi connectivity index (χ0v) is 13.9. The molecule has 0 spiro atoms. The maximum atomic E-state index is 13.7. The summed E-state index contributed by atoms with van der Waals surface area (Å²) in [6.45, 7) is 2.74. The number of benzene rings is 1. The second-order valence-corrected chi connectivity index (χ2v) is 7.39. The van der Waals surface area contributed by atoms with Crippen LogP contribution >= 0.6 is 0 Å². The third-order valence-corrected chi connectivity index (χ3v) is 5.23. The fourth-order valence-electron chi connectivity index (χ4n) is 2.13. The van der Waals surface area contributed by atoms with Crippen LogP contribution in [0.15, 0.2) is 23.1 Å². The number of esters is 1. The van der Waals surface area contributed by atoms with Gasteiger partial charge in [0, 0.05) is 20.0 Å². The van der Waals surface area contributed by atoms with E-state index in [0.717, 1.165) is 10.4 Å². The lowest BCUT2D eigenvalue weighted by molar-refractivity contribution is -0.143. The van der Waals surface area contributed by atoms with Crippen molar-refractivity contribution in [3.63, 3.8) is 0 Å². The number of nitrogens with zero attached hydrogens (tertiary/aromatic N) is 1. The molecule has 2 rings (SSSR count). The predicted octanol–water partition coefficient (Wildman–Crippen LogP) is 1.34. The van der Waals surface area contributed by atoms with E-state index in [1.807, 2.05) is 0 Å². The van der Waals surface area contributed by atoms with Crippen LogP contribution in [0.25, 0.3) is 0 Å². The van der Waals surface area contributed by atoms with E-state index in [1.165, 1.54) is 19.2 Å². The van der Waals surface area contributed by atoms with Crippen molar-refractivity contribution in [3.8, 4) is 0 Å². The average Bonchev–Trinajstić information content (AvgIpc) is 3.29. The van der Waals surface area contributed by atoms with Crippen LogP contribution in [0.4, 0.5) is 4.39 Å². The van der Waals surface area contributed by atoms with E-state index in [4.69, 9.17) is 9.47 Å². The molecule has 1 saturated heterocycles. The highest BCUT2D eigenvalue weighted by Gasteiger charge is 2.30. The van der Waals surface area contributed by atoms with Gasteiger partial charge in [-0.15, -0.1) is 0 Å². The first-order valence-corrected chi connectivity index (χ1v) is 8.80. The second-order valence-electron chi connectivity index (χ2n) is 5.34. The van der Waals surface area contributed by atoms with Crippen LogP contribution in [0.2, 0.25) is 0 Å². The van der Waals surface area contributed by atoms with Gasteiger partial charge in [0.1, 0.15) is 5.82 Å². The topological polar surface area (TPSA) is 76.2 Å². The molecule has 0 aromatic heterocycles. The van der Waals surface area contributed by atoms with Gasteiger partial charge in [-0.1, -0.05) is 0 Å². The molecule has 1 aromatic rings. The molecule has 0 amide bonds. The molecule has 23 heavy (non-hydrogen) atoms. The first kappa shape index (κ1) is 17.8. The number of hydrogen-bond acceptors (Lipinski definition) is 5. The molecule has 0 bridgehead atoms. The monoisotopic (exact) mass is 345 g/mol. The van der Waals surface area contributed by atoms with Crippen LogP contribution in [0.5, 0.6) is 0 Å². The minimum absolute atomic E-state index is 0.0720. The molecule has 0 saturated carbocycles. The van der Waals surface area contributed by atoms with Crippen LogP contribution in [-0.2, 0) is 30.7 Å². The van der Waals surface area contributed by atoms with Gasteiger partial charge in [0.25, 0.3) is 0 Å². The van der Waals surface area contributed by atoms with Crippen LogP contribution in [0, 0.1) is 5.82 Å². The van der Waals surface area contributed by atoms with Crippen LogP contribution in [-0.4, -0.2) is 51.6 Å². The molecule has 1 unspecified atom stereocenters. The summed E-state index contributed by atoms with van der Waals surface area (Å²) >= 11 is 0. The molecule has 1 heterocycles. The lowest BCUT2D eigenvalue weighted by Crippen LogP contribution is -2.30. The average molecular weight is 345 g/mol. The smallest absolute Gasteiger partial charge is 0.306 e. The SMILES string of the molecule is CCOC(=O)CCc1cc(F)cc(S(=O)(=O)N(C)CC2CO2)c1. The van der Waals surface area contributed by atoms with Crippen molar-refractivity contribution in [2.75, 3.05) is 26.8 Å². The summed E-state index contributed by atoms with van der Waals surface area (Å²) < 4.78 is 49.6. The Morgan fingerprint density at radius 1 is 1.43 bits per heavy atom.